The molecule has 0 aliphatic rings. The molecule has 0 bridgehead atoms. The van der Waals surface area contributed by atoms with Crippen molar-refractivity contribution in [2.24, 2.45) is 0 Å². The number of aromatic nitrogens is 3. The number of hydrogen-bond donors (Lipinski definition) is 2. The zero-order valence-corrected chi connectivity index (χ0v) is 19.9. The van der Waals surface area contributed by atoms with Crippen LogP contribution < -0.4 is 10.6 Å². The van der Waals surface area contributed by atoms with Gasteiger partial charge in [0.05, 0.1) is 11.3 Å². The molecular weight excluding hydrogens is 445 g/mol. The molecule has 0 spiro atoms. The lowest BCUT2D eigenvalue weighted by Gasteiger charge is -2.19. The minimum Gasteiger partial charge on any atom is -0.338 e. The van der Waals surface area contributed by atoms with Gasteiger partial charge in [-0.3, -0.25) is 4.79 Å². The Kier molecular flexibility index (Phi) is 6.78. The molecule has 0 radical (unpaired) electrons. The number of carbonyl (C=O) groups excluding carboxylic acids is 1. The molecule has 0 aliphatic heterocycles. The van der Waals surface area contributed by atoms with Crippen LogP contribution in [0.5, 0.6) is 0 Å². The van der Waals surface area contributed by atoms with Gasteiger partial charge in [0, 0.05) is 36.7 Å². The van der Waals surface area contributed by atoms with Gasteiger partial charge in [0.2, 0.25) is 5.95 Å². The van der Waals surface area contributed by atoms with Crippen molar-refractivity contribution in [3.63, 3.8) is 0 Å². The number of halogens is 1. The second kappa shape index (κ2) is 9.22. The zero-order valence-electron chi connectivity index (χ0n) is 19.1. The van der Waals surface area contributed by atoms with E-state index in [0.29, 0.717) is 11.3 Å². The SMILES string of the molecule is CCC(=O)c1cnc(Nc2ccc(C(C)(C)C)c(F)n2)cc1Nc1ncccc1S(C)(=O)=O. The Hall–Kier alpha value is -3.40. The Bertz CT molecular complexity index is 1300. The number of carbonyl (C=O) groups is 1. The summed E-state index contributed by atoms with van der Waals surface area (Å²) in [6.45, 7) is 7.40. The van der Waals surface area contributed by atoms with Crippen LogP contribution >= 0.6 is 0 Å². The van der Waals surface area contributed by atoms with Gasteiger partial charge in [-0.25, -0.2) is 23.4 Å². The number of nitrogens with one attached hydrogen (secondary N) is 2. The van der Waals surface area contributed by atoms with Crippen LogP contribution in [0.25, 0.3) is 0 Å². The summed E-state index contributed by atoms with van der Waals surface area (Å²) < 4.78 is 38.8. The van der Waals surface area contributed by atoms with Gasteiger partial charge in [-0.05, 0) is 23.6 Å². The first-order valence-electron chi connectivity index (χ1n) is 10.3. The summed E-state index contributed by atoms with van der Waals surface area (Å²) in [5.74, 6) is -0.163. The Morgan fingerprint density at radius 1 is 1.09 bits per heavy atom. The first kappa shape index (κ1) is 24.2. The van der Waals surface area contributed by atoms with E-state index in [1.165, 1.54) is 30.6 Å². The lowest BCUT2D eigenvalue weighted by molar-refractivity contribution is 0.0988. The van der Waals surface area contributed by atoms with E-state index >= 15 is 0 Å². The fourth-order valence-corrected chi connectivity index (χ4v) is 3.93. The number of anilines is 4. The lowest BCUT2D eigenvalue weighted by Crippen LogP contribution is -2.15. The van der Waals surface area contributed by atoms with E-state index in [0.717, 1.165) is 6.26 Å². The highest BCUT2D eigenvalue weighted by Crippen LogP contribution is 2.29. The molecule has 8 nitrogen and oxygen atoms in total. The number of nitrogens with zero attached hydrogens (tertiary/aromatic N) is 3. The van der Waals surface area contributed by atoms with E-state index in [-0.39, 0.29) is 40.1 Å². The number of rotatable bonds is 7. The highest BCUT2D eigenvalue weighted by atomic mass is 32.2. The smallest absolute Gasteiger partial charge is 0.218 e. The van der Waals surface area contributed by atoms with E-state index in [4.69, 9.17) is 0 Å². The van der Waals surface area contributed by atoms with Gasteiger partial charge in [-0.15, -0.1) is 0 Å². The van der Waals surface area contributed by atoms with Gasteiger partial charge in [-0.2, -0.15) is 4.39 Å². The molecule has 0 atom stereocenters. The topological polar surface area (TPSA) is 114 Å². The normalized spacial score (nSPS) is 11.8. The van der Waals surface area contributed by atoms with Crippen LogP contribution in [0.3, 0.4) is 0 Å². The van der Waals surface area contributed by atoms with Crippen LogP contribution in [0.15, 0.2) is 47.6 Å². The number of hydrogen-bond acceptors (Lipinski definition) is 8. The number of Topliss-reactive ketones (excluding diaryl/α,β-unsaturated/α-hetero) is 1. The molecule has 33 heavy (non-hydrogen) atoms. The second-order valence-corrected chi connectivity index (χ2v) is 10.5. The van der Waals surface area contributed by atoms with Gasteiger partial charge in [0.15, 0.2) is 15.6 Å². The molecule has 174 valence electrons. The Morgan fingerprint density at radius 3 is 2.42 bits per heavy atom. The first-order chi connectivity index (χ1) is 15.4. The van der Waals surface area contributed by atoms with Crippen molar-refractivity contribution >= 4 is 38.8 Å². The van der Waals surface area contributed by atoms with Crippen molar-refractivity contribution in [1.82, 2.24) is 15.0 Å². The largest absolute Gasteiger partial charge is 0.338 e. The molecule has 3 rings (SSSR count). The monoisotopic (exact) mass is 471 g/mol. The van der Waals surface area contributed by atoms with Gasteiger partial charge in [0.1, 0.15) is 22.3 Å². The second-order valence-electron chi connectivity index (χ2n) is 8.55. The molecule has 0 unspecified atom stereocenters. The maximum atomic E-state index is 14.5. The van der Waals surface area contributed by atoms with Crippen molar-refractivity contribution in [2.45, 2.75) is 44.4 Å². The summed E-state index contributed by atoms with van der Waals surface area (Å²) in [6, 6.07) is 7.77. The van der Waals surface area contributed by atoms with Crippen LogP contribution in [0.4, 0.5) is 27.5 Å². The predicted octanol–water partition coefficient (Wildman–Crippen LogP) is 4.79. The average molecular weight is 472 g/mol. The van der Waals surface area contributed by atoms with E-state index in [9.17, 15) is 17.6 Å². The molecule has 3 aromatic heterocycles. The average Bonchev–Trinajstić information content (AvgIpc) is 2.72. The maximum Gasteiger partial charge on any atom is 0.218 e. The zero-order chi connectivity index (χ0) is 24.4. The van der Waals surface area contributed by atoms with Crippen LogP contribution in [0.1, 0.15) is 50.0 Å². The molecular formula is C23H26FN5O3S. The molecule has 0 amide bonds. The fourth-order valence-electron chi connectivity index (χ4n) is 3.15. The molecule has 0 saturated carbocycles. The number of ketones is 1. The fraction of sp³-hybridized carbons (Fsp3) is 0.304. The van der Waals surface area contributed by atoms with Gasteiger partial charge < -0.3 is 10.6 Å². The Morgan fingerprint density at radius 2 is 1.82 bits per heavy atom. The van der Waals surface area contributed by atoms with Crippen molar-refractivity contribution in [2.75, 3.05) is 16.9 Å². The highest BCUT2D eigenvalue weighted by molar-refractivity contribution is 7.90. The summed E-state index contributed by atoms with van der Waals surface area (Å²) in [5, 5.41) is 5.87. The third-order valence-electron chi connectivity index (χ3n) is 4.86. The van der Waals surface area contributed by atoms with Crippen molar-refractivity contribution in [3.05, 3.63) is 59.8 Å². The van der Waals surface area contributed by atoms with Crippen molar-refractivity contribution in [1.29, 1.82) is 0 Å². The highest BCUT2D eigenvalue weighted by Gasteiger charge is 2.21. The van der Waals surface area contributed by atoms with Crippen molar-refractivity contribution in [3.8, 4) is 0 Å². The third kappa shape index (κ3) is 5.70. The summed E-state index contributed by atoms with van der Waals surface area (Å²) in [7, 11) is -3.56. The van der Waals surface area contributed by atoms with Crippen LogP contribution in [0.2, 0.25) is 0 Å². The summed E-state index contributed by atoms with van der Waals surface area (Å²) in [6.07, 6.45) is 4.13. The van der Waals surface area contributed by atoms with E-state index in [1.807, 2.05) is 20.8 Å². The molecule has 0 saturated heterocycles. The van der Waals surface area contributed by atoms with Crippen LogP contribution in [-0.4, -0.2) is 35.4 Å². The molecule has 3 heterocycles. The lowest BCUT2D eigenvalue weighted by atomic mass is 9.88. The van der Waals surface area contributed by atoms with Crippen molar-refractivity contribution < 1.29 is 17.6 Å². The standard InChI is InChI=1S/C23H26FN5O3S/c1-6-17(30)14-13-26-20(28-19-10-9-15(21(24)29-19)23(2,3)4)12-16(14)27-22-18(33(5,31)32)8-7-11-25-22/h7-13H,6H2,1-5H3,(H2,25,26,27,28,29). The predicted molar refractivity (Wildman–Crippen MR) is 126 cm³/mol. The molecule has 0 aliphatic carbocycles. The summed E-state index contributed by atoms with van der Waals surface area (Å²) in [4.78, 5) is 24.8. The van der Waals surface area contributed by atoms with Crippen LogP contribution in [-0.2, 0) is 15.3 Å². The van der Waals surface area contributed by atoms with E-state index in [2.05, 4.69) is 25.6 Å². The maximum absolute atomic E-state index is 14.5. The van der Waals surface area contributed by atoms with E-state index in [1.54, 1.807) is 19.1 Å². The number of sulfone groups is 1. The third-order valence-corrected chi connectivity index (χ3v) is 5.99. The summed E-state index contributed by atoms with van der Waals surface area (Å²) in [5.41, 5.74) is 0.674. The quantitative estimate of drug-likeness (QED) is 0.373. The van der Waals surface area contributed by atoms with Crippen LogP contribution in [0, 0.1) is 5.95 Å². The minimum absolute atomic E-state index is 0.00674. The summed E-state index contributed by atoms with van der Waals surface area (Å²) >= 11 is 0. The Labute approximate surface area is 192 Å². The molecule has 0 fully saturated rings. The molecule has 0 aromatic carbocycles. The van der Waals surface area contributed by atoms with Gasteiger partial charge in [0.25, 0.3) is 0 Å². The van der Waals surface area contributed by atoms with E-state index < -0.39 is 21.2 Å². The van der Waals surface area contributed by atoms with Gasteiger partial charge >= 0.3 is 0 Å². The first-order valence-corrected chi connectivity index (χ1v) is 12.2. The molecule has 3 aromatic rings. The number of pyridine rings is 3. The Balaban J connectivity index is 2.00. The molecule has 2 N–H and O–H groups in total. The van der Waals surface area contributed by atoms with Gasteiger partial charge in [-0.1, -0.05) is 33.8 Å². The molecule has 10 heteroatoms. The minimum atomic E-state index is -3.56.